The molecule has 0 bridgehead atoms. The van der Waals surface area contributed by atoms with Crippen LogP contribution in [-0.4, -0.2) is 37.2 Å². The molecule has 0 saturated heterocycles. The fraction of sp³-hybridized carbons (Fsp3) is 0.600. The minimum Gasteiger partial charge on any atom is -0.462 e. The first-order valence-electron chi connectivity index (χ1n) is 7.01. The Kier molecular flexibility index (Phi) is 5.95. The molecule has 0 aliphatic heterocycles. The number of hydrogen-bond acceptors (Lipinski definition) is 5. The van der Waals surface area contributed by atoms with Gasteiger partial charge < -0.3 is 15.4 Å². The fourth-order valence-electron chi connectivity index (χ4n) is 1.84. The van der Waals surface area contributed by atoms with E-state index in [1.807, 2.05) is 6.07 Å². The predicted molar refractivity (Wildman–Crippen MR) is 80.9 cm³/mol. The van der Waals surface area contributed by atoms with E-state index in [9.17, 15) is 4.79 Å². The highest BCUT2D eigenvalue weighted by Gasteiger charge is 2.20. The molecule has 0 unspecified atom stereocenters. The van der Waals surface area contributed by atoms with Gasteiger partial charge in [0.2, 0.25) is 0 Å². The van der Waals surface area contributed by atoms with E-state index in [0.717, 1.165) is 18.9 Å². The van der Waals surface area contributed by atoms with Crippen LogP contribution in [0, 0.1) is 5.41 Å². The molecule has 1 aromatic heterocycles. The van der Waals surface area contributed by atoms with E-state index in [1.54, 1.807) is 19.2 Å². The second-order valence-electron chi connectivity index (χ2n) is 5.51. The topological polar surface area (TPSA) is 68.5 Å². The Morgan fingerprint density at radius 2 is 2.10 bits per heavy atom. The molecule has 1 heterocycles. The third-order valence-electron chi connectivity index (χ3n) is 3.14. The van der Waals surface area contributed by atoms with Crippen LogP contribution in [0.25, 0.3) is 0 Å². The maximum absolute atomic E-state index is 11.6. The Labute approximate surface area is 121 Å². The number of esters is 1. The van der Waals surface area contributed by atoms with E-state index in [0.29, 0.717) is 18.7 Å². The number of rotatable bonds is 7. The number of nitrogens with two attached hydrogens (primary N) is 1. The minimum absolute atomic E-state index is 0.0253. The fourth-order valence-corrected chi connectivity index (χ4v) is 1.84. The molecule has 2 N–H and O–H groups in total. The Balaban J connectivity index is 2.82. The van der Waals surface area contributed by atoms with Gasteiger partial charge in [-0.25, -0.2) is 9.78 Å². The van der Waals surface area contributed by atoms with Crippen LogP contribution in [0.1, 0.15) is 38.1 Å². The van der Waals surface area contributed by atoms with Crippen LogP contribution in [0.2, 0.25) is 0 Å². The molecule has 5 heteroatoms. The van der Waals surface area contributed by atoms with Crippen LogP contribution in [-0.2, 0) is 4.74 Å². The number of pyridine rings is 1. The smallest absolute Gasteiger partial charge is 0.339 e. The molecule has 0 atom stereocenters. The Morgan fingerprint density at radius 3 is 2.55 bits per heavy atom. The monoisotopic (exact) mass is 279 g/mol. The van der Waals surface area contributed by atoms with Gasteiger partial charge in [0.1, 0.15) is 5.82 Å². The maximum Gasteiger partial charge on any atom is 0.339 e. The minimum atomic E-state index is -0.336. The molecular formula is C15H25N3O2. The van der Waals surface area contributed by atoms with Gasteiger partial charge in [0.25, 0.3) is 0 Å². The molecule has 20 heavy (non-hydrogen) atoms. The average molecular weight is 279 g/mol. The number of carbonyl (C=O) groups excluding carboxylic acids is 1. The third-order valence-corrected chi connectivity index (χ3v) is 3.14. The van der Waals surface area contributed by atoms with E-state index >= 15 is 0 Å². The molecule has 0 radical (unpaired) electrons. The van der Waals surface area contributed by atoms with Crippen molar-refractivity contribution >= 4 is 11.8 Å². The van der Waals surface area contributed by atoms with Gasteiger partial charge >= 0.3 is 5.97 Å². The third kappa shape index (κ3) is 4.49. The van der Waals surface area contributed by atoms with Crippen LogP contribution in [0.15, 0.2) is 18.3 Å². The van der Waals surface area contributed by atoms with Crippen molar-refractivity contribution in [2.45, 2.75) is 27.7 Å². The van der Waals surface area contributed by atoms with Crippen molar-refractivity contribution in [3.8, 4) is 0 Å². The van der Waals surface area contributed by atoms with Gasteiger partial charge in [0, 0.05) is 19.3 Å². The van der Waals surface area contributed by atoms with Crippen molar-refractivity contribution in [3.63, 3.8) is 0 Å². The molecular weight excluding hydrogens is 254 g/mol. The van der Waals surface area contributed by atoms with Crippen molar-refractivity contribution in [2.75, 3.05) is 31.1 Å². The van der Waals surface area contributed by atoms with Crippen molar-refractivity contribution in [1.82, 2.24) is 4.98 Å². The lowest BCUT2D eigenvalue weighted by Crippen LogP contribution is -2.39. The van der Waals surface area contributed by atoms with E-state index < -0.39 is 0 Å². The first-order valence-corrected chi connectivity index (χ1v) is 7.01. The second kappa shape index (κ2) is 7.24. The Hall–Kier alpha value is -1.62. The summed E-state index contributed by atoms with van der Waals surface area (Å²) in [6, 6.07) is 3.60. The standard InChI is InChI=1S/C15H25N3O2/c1-5-18(11-15(3,4)10-16)13-8-7-12(9-17-13)14(19)20-6-2/h7-9H,5-6,10-11,16H2,1-4H3. The number of anilines is 1. The number of ether oxygens (including phenoxy) is 1. The molecule has 0 saturated carbocycles. The normalized spacial score (nSPS) is 11.2. The zero-order valence-electron chi connectivity index (χ0n) is 12.8. The van der Waals surface area contributed by atoms with Crippen LogP contribution < -0.4 is 10.6 Å². The van der Waals surface area contributed by atoms with Crippen LogP contribution >= 0.6 is 0 Å². The van der Waals surface area contributed by atoms with Gasteiger partial charge in [0.05, 0.1) is 12.2 Å². The summed E-state index contributed by atoms with van der Waals surface area (Å²) in [7, 11) is 0. The molecule has 0 aliphatic rings. The number of aromatic nitrogens is 1. The SMILES string of the molecule is CCOC(=O)c1ccc(N(CC)CC(C)(C)CN)nc1. The van der Waals surface area contributed by atoms with Gasteiger partial charge in [0.15, 0.2) is 0 Å². The van der Waals surface area contributed by atoms with Gasteiger partial charge in [-0.15, -0.1) is 0 Å². The molecule has 0 aromatic carbocycles. The first kappa shape index (κ1) is 16.4. The summed E-state index contributed by atoms with van der Waals surface area (Å²) >= 11 is 0. The van der Waals surface area contributed by atoms with Gasteiger partial charge in [-0.3, -0.25) is 0 Å². The lowest BCUT2D eigenvalue weighted by Gasteiger charge is -2.31. The largest absolute Gasteiger partial charge is 0.462 e. The van der Waals surface area contributed by atoms with Crippen molar-refractivity contribution < 1.29 is 9.53 Å². The zero-order valence-corrected chi connectivity index (χ0v) is 12.8. The molecule has 1 aromatic rings. The lowest BCUT2D eigenvalue weighted by molar-refractivity contribution is 0.0526. The van der Waals surface area contributed by atoms with E-state index in [-0.39, 0.29) is 11.4 Å². The van der Waals surface area contributed by atoms with Crippen molar-refractivity contribution in [2.24, 2.45) is 11.1 Å². The van der Waals surface area contributed by atoms with E-state index in [2.05, 4.69) is 30.7 Å². The molecule has 0 aliphatic carbocycles. The summed E-state index contributed by atoms with van der Waals surface area (Å²) in [4.78, 5) is 18.1. The highest BCUT2D eigenvalue weighted by Crippen LogP contribution is 2.19. The summed E-state index contributed by atoms with van der Waals surface area (Å²) in [5, 5.41) is 0. The summed E-state index contributed by atoms with van der Waals surface area (Å²) in [5.41, 5.74) is 6.28. The first-order chi connectivity index (χ1) is 9.43. The predicted octanol–water partition coefficient (Wildman–Crippen LogP) is 2.07. The zero-order chi connectivity index (χ0) is 15.2. The second-order valence-corrected chi connectivity index (χ2v) is 5.51. The Morgan fingerprint density at radius 1 is 1.40 bits per heavy atom. The summed E-state index contributed by atoms with van der Waals surface area (Å²) in [6.07, 6.45) is 1.56. The molecule has 5 nitrogen and oxygen atoms in total. The summed E-state index contributed by atoms with van der Waals surface area (Å²) in [6.45, 7) is 10.8. The molecule has 1 rings (SSSR count). The van der Waals surface area contributed by atoms with Gasteiger partial charge in [-0.1, -0.05) is 13.8 Å². The lowest BCUT2D eigenvalue weighted by atomic mass is 9.93. The van der Waals surface area contributed by atoms with E-state index in [4.69, 9.17) is 10.5 Å². The number of hydrogen-bond donors (Lipinski definition) is 1. The summed E-state index contributed by atoms with van der Waals surface area (Å²) < 4.78 is 4.94. The average Bonchev–Trinajstić information content (AvgIpc) is 2.45. The highest BCUT2D eigenvalue weighted by molar-refractivity contribution is 5.89. The van der Waals surface area contributed by atoms with Gasteiger partial charge in [-0.2, -0.15) is 0 Å². The van der Waals surface area contributed by atoms with Gasteiger partial charge in [-0.05, 0) is 37.9 Å². The van der Waals surface area contributed by atoms with Crippen molar-refractivity contribution in [3.05, 3.63) is 23.9 Å². The quantitative estimate of drug-likeness (QED) is 0.774. The highest BCUT2D eigenvalue weighted by atomic mass is 16.5. The summed E-state index contributed by atoms with van der Waals surface area (Å²) in [5.74, 6) is 0.513. The molecule has 112 valence electrons. The van der Waals surface area contributed by atoms with Crippen LogP contribution in [0.5, 0.6) is 0 Å². The number of nitrogens with zero attached hydrogens (tertiary/aromatic N) is 2. The molecule has 0 fully saturated rings. The maximum atomic E-state index is 11.6. The van der Waals surface area contributed by atoms with Crippen molar-refractivity contribution in [1.29, 1.82) is 0 Å². The Bertz CT molecular complexity index is 429. The number of carbonyl (C=O) groups is 1. The van der Waals surface area contributed by atoms with Crippen LogP contribution in [0.3, 0.4) is 0 Å². The molecule has 0 amide bonds. The molecule has 0 spiro atoms. The van der Waals surface area contributed by atoms with Crippen LogP contribution in [0.4, 0.5) is 5.82 Å². The van der Waals surface area contributed by atoms with E-state index in [1.165, 1.54) is 0 Å².